The molecule has 0 saturated heterocycles. The maximum Gasteiger partial charge on any atom is 0.180 e. The van der Waals surface area contributed by atoms with E-state index in [2.05, 4.69) is 16.5 Å². The van der Waals surface area contributed by atoms with Gasteiger partial charge in [0.15, 0.2) is 5.78 Å². The fourth-order valence-corrected chi connectivity index (χ4v) is 2.57. The van der Waals surface area contributed by atoms with Crippen molar-refractivity contribution >= 4 is 17.3 Å². The molecular weight excluding hydrogens is 260 g/mol. The molecule has 0 saturated carbocycles. The van der Waals surface area contributed by atoms with Gasteiger partial charge >= 0.3 is 0 Å². The normalized spacial score (nSPS) is 10.4. The van der Waals surface area contributed by atoms with Gasteiger partial charge in [-0.25, -0.2) is 0 Å². The van der Waals surface area contributed by atoms with E-state index >= 15 is 0 Å². The Labute approximate surface area is 116 Å². The Balaban J connectivity index is 2.18. The van der Waals surface area contributed by atoms with E-state index < -0.39 is 0 Å². The predicted octanol–water partition coefficient (Wildman–Crippen LogP) is 2.92. The highest BCUT2D eigenvalue weighted by atomic mass is 32.1. The van der Waals surface area contributed by atoms with Gasteiger partial charge in [0.25, 0.3) is 0 Å². The van der Waals surface area contributed by atoms with Crippen LogP contribution in [0.25, 0.3) is 0 Å². The van der Waals surface area contributed by atoms with Crippen molar-refractivity contribution in [3.05, 3.63) is 40.4 Å². The lowest BCUT2D eigenvalue weighted by atomic mass is 10.1. The molecular formula is C14H16N2O2S. The van der Waals surface area contributed by atoms with E-state index in [1.54, 1.807) is 7.11 Å². The van der Waals surface area contributed by atoms with Crippen LogP contribution in [-0.2, 0) is 12.8 Å². The smallest absolute Gasteiger partial charge is 0.180 e. The highest BCUT2D eigenvalue weighted by molar-refractivity contribution is 7.08. The first kappa shape index (κ1) is 13.7. The molecule has 2 aromatic rings. The number of carbonyl (C=O) groups excluding carboxylic acids is 1. The summed E-state index contributed by atoms with van der Waals surface area (Å²) in [5.74, 6) is 0.799. The average molecular weight is 276 g/mol. The minimum atomic E-state index is 0.0583. The second-order valence-corrected chi connectivity index (χ2v) is 4.96. The summed E-state index contributed by atoms with van der Waals surface area (Å²) < 4.78 is 9.15. The summed E-state index contributed by atoms with van der Waals surface area (Å²) in [6.45, 7) is 2.06. The van der Waals surface area contributed by atoms with Crippen LogP contribution in [0.2, 0.25) is 0 Å². The van der Waals surface area contributed by atoms with E-state index in [9.17, 15) is 4.79 Å². The molecule has 0 aliphatic rings. The number of hydrogen-bond acceptors (Lipinski definition) is 5. The number of ketones is 1. The van der Waals surface area contributed by atoms with Gasteiger partial charge in [0.2, 0.25) is 0 Å². The molecule has 0 atom stereocenters. The molecule has 4 nitrogen and oxygen atoms in total. The first-order valence-corrected chi connectivity index (χ1v) is 7.00. The topological polar surface area (TPSA) is 52.1 Å². The zero-order valence-electron chi connectivity index (χ0n) is 11.0. The largest absolute Gasteiger partial charge is 0.496 e. The first-order chi connectivity index (χ1) is 9.26. The number of rotatable bonds is 6. The van der Waals surface area contributed by atoms with Crippen LogP contribution in [0, 0.1) is 0 Å². The number of nitrogens with zero attached hydrogens (tertiary/aromatic N) is 2. The van der Waals surface area contributed by atoms with Crippen LogP contribution in [-0.4, -0.2) is 22.5 Å². The number of para-hydroxylation sites is 1. The molecule has 0 aliphatic carbocycles. The zero-order valence-corrected chi connectivity index (χ0v) is 11.9. The van der Waals surface area contributed by atoms with Crippen molar-refractivity contribution in [3.63, 3.8) is 0 Å². The average Bonchev–Trinajstić information content (AvgIpc) is 2.88. The third-order valence-electron chi connectivity index (χ3n) is 2.84. The monoisotopic (exact) mass is 276 g/mol. The van der Waals surface area contributed by atoms with Gasteiger partial charge in [-0.1, -0.05) is 36.0 Å². The maximum atomic E-state index is 12.3. The van der Waals surface area contributed by atoms with E-state index in [0.29, 0.717) is 11.3 Å². The summed E-state index contributed by atoms with van der Waals surface area (Å²) in [4.78, 5) is 13.0. The van der Waals surface area contributed by atoms with Crippen LogP contribution in [0.3, 0.4) is 0 Å². The van der Waals surface area contributed by atoms with E-state index in [0.717, 1.165) is 29.8 Å². The molecule has 19 heavy (non-hydrogen) atoms. The molecule has 0 radical (unpaired) electrons. The second-order valence-electron chi connectivity index (χ2n) is 4.21. The van der Waals surface area contributed by atoms with Crippen molar-refractivity contribution < 1.29 is 9.53 Å². The number of Topliss-reactive ketones (excluding diaryl/α,β-unsaturated/α-hetero) is 1. The molecule has 1 aromatic carbocycles. The lowest BCUT2D eigenvalue weighted by molar-refractivity contribution is 0.0995. The highest BCUT2D eigenvalue weighted by Gasteiger charge is 2.17. The van der Waals surface area contributed by atoms with Gasteiger partial charge in [-0.05, 0) is 24.0 Å². The molecule has 0 bridgehead atoms. The number of ether oxygens (including phenoxy) is 1. The van der Waals surface area contributed by atoms with Crippen molar-refractivity contribution in [2.75, 3.05) is 7.11 Å². The number of hydrogen-bond donors (Lipinski definition) is 0. The first-order valence-electron chi connectivity index (χ1n) is 6.22. The SMILES string of the molecule is CCCc1nnsc1C(=O)Cc1ccccc1OC. The van der Waals surface area contributed by atoms with Gasteiger partial charge in [-0.15, -0.1) is 5.10 Å². The van der Waals surface area contributed by atoms with Gasteiger partial charge in [0.1, 0.15) is 10.6 Å². The van der Waals surface area contributed by atoms with Crippen molar-refractivity contribution in [1.82, 2.24) is 9.59 Å². The van der Waals surface area contributed by atoms with Crippen molar-refractivity contribution in [2.45, 2.75) is 26.2 Å². The Morgan fingerprint density at radius 3 is 2.89 bits per heavy atom. The molecule has 5 heteroatoms. The number of benzene rings is 1. The third kappa shape index (κ3) is 3.17. The molecule has 0 spiro atoms. The molecule has 0 amide bonds. The van der Waals surface area contributed by atoms with Crippen LogP contribution < -0.4 is 4.74 Å². The summed E-state index contributed by atoms with van der Waals surface area (Å²) in [7, 11) is 1.61. The second kappa shape index (κ2) is 6.43. The molecule has 0 aliphatic heterocycles. The summed E-state index contributed by atoms with van der Waals surface area (Å²) in [6, 6.07) is 7.57. The van der Waals surface area contributed by atoms with Crippen LogP contribution in [0.15, 0.2) is 24.3 Å². The Morgan fingerprint density at radius 2 is 2.16 bits per heavy atom. The highest BCUT2D eigenvalue weighted by Crippen LogP contribution is 2.21. The maximum absolute atomic E-state index is 12.3. The fraction of sp³-hybridized carbons (Fsp3) is 0.357. The Hall–Kier alpha value is -1.75. The van der Waals surface area contributed by atoms with Crippen molar-refractivity contribution in [2.24, 2.45) is 0 Å². The van der Waals surface area contributed by atoms with Gasteiger partial charge in [-0.2, -0.15) is 0 Å². The minimum absolute atomic E-state index is 0.0583. The van der Waals surface area contributed by atoms with Crippen LogP contribution >= 0.6 is 11.5 Å². The Morgan fingerprint density at radius 1 is 1.37 bits per heavy atom. The molecule has 1 aromatic heterocycles. The molecule has 1 heterocycles. The van der Waals surface area contributed by atoms with Crippen LogP contribution in [0.5, 0.6) is 5.75 Å². The van der Waals surface area contributed by atoms with E-state index in [4.69, 9.17) is 4.74 Å². The van der Waals surface area contributed by atoms with E-state index in [-0.39, 0.29) is 5.78 Å². The molecule has 0 unspecified atom stereocenters. The zero-order chi connectivity index (χ0) is 13.7. The summed E-state index contributed by atoms with van der Waals surface area (Å²) in [5.41, 5.74) is 1.71. The lowest BCUT2D eigenvalue weighted by Gasteiger charge is -2.06. The minimum Gasteiger partial charge on any atom is -0.496 e. The molecule has 0 N–H and O–H groups in total. The van der Waals surface area contributed by atoms with Crippen molar-refractivity contribution in [3.8, 4) is 5.75 Å². The summed E-state index contributed by atoms with van der Waals surface area (Å²) >= 11 is 1.18. The number of aryl methyl sites for hydroxylation is 1. The van der Waals surface area contributed by atoms with Crippen LogP contribution in [0.1, 0.15) is 34.3 Å². The summed E-state index contributed by atoms with van der Waals surface area (Å²) in [5, 5.41) is 4.03. The van der Waals surface area contributed by atoms with Crippen molar-refractivity contribution in [1.29, 1.82) is 0 Å². The number of aromatic nitrogens is 2. The lowest BCUT2D eigenvalue weighted by Crippen LogP contribution is -2.06. The van der Waals surface area contributed by atoms with Gasteiger partial charge in [0.05, 0.1) is 12.8 Å². The standard InChI is InChI=1S/C14H16N2O2S/c1-3-6-11-14(19-16-15-11)12(17)9-10-7-4-5-8-13(10)18-2/h4-5,7-8H,3,6,9H2,1-2H3. The third-order valence-corrected chi connectivity index (χ3v) is 3.65. The number of methoxy groups -OCH3 is 1. The quantitative estimate of drug-likeness (QED) is 0.761. The Bertz CT molecular complexity index is 566. The molecule has 0 fully saturated rings. The van der Waals surface area contributed by atoms with Gasteiger partial charge in [0, 0.05) is 12.0 Å². The van der Waals surface area contributed by atoms with Gasteiger partial charge < -0.3 is 4.74 Å². The number of carbonyl (C=O) groups is 1. The van der Waals surface area contributed by atoms with Gasteiger partial charge in [-0.3, -0.25) is 4.79 Å². The summed E-state index contributed by atoms with van der Waals surface area (Å²) in [6.07, 6.45) is 2.08. The van der Waals surface area contributed by atoms with E-state index in [1.807, 2.05) is 24.3 Å². The fourth-order valence-electron chi connectivity index (χ4n) is 1.92. The Kier molecular flexibility index (Phi) is 4.63. The molecule has 2 rings (SSSR count). The van der Waals surface area contributed by atoms with Crippen LogP contribution in [0.4, 0.5) is 0 Å². The van der Waals surface area contributed by atoms with E-state index in [1.165, 1.54) is 11.5 Å². The molecule has 100 valence electrons. The predicted molar refractivity (Wildman–Crippen MR) is 74.9 cm³/mol.